The highest BCUT2D eigenvalue weighted by Crippen LogP contribution is 2.15. The van der Waals surface area contributed by atoms with E-state index in [0.717, 1.165) is 12.8 Å². The lowest BCUT2D eigenvalue weighted by atomic mass is 9.95. The third-order valence-corrected chi connectivity index (χ3v) is 3.58. The maximum Gasteiger partial charge on any atom is 0.325 e. The first-order valence-corrected chi connectivity index (χ1v) is 6.39. The molecule has 0 aliphatic heterocycles. The first-order valence-electron chi connectivity index (χ1n) is 6.39. The van der Waals surface area contributed by atoms with E-state index in [1.54, 1.807) is 12.1 Å². The van der Waals surface area contributed by atoms with Gasteiger partial charge in [0.05, 0.1) is 5.52 Å². The average molecular weight is 262 g/mol. The van der Waals surface area contributed by atoms with Gasteiger partial charge >= 0.3 is 5.69 Å². The summed E-state index contributed by atoms with van der Waals surface area (Å²) < 4.78 is 0. The van der Waals surface area contributed by atoms with Crippen molar-refractivity contribution in [3.63, 3.8) is 0 Å². The van der Waals surface area contributed by atoms with E-state index in [9.17, 15) is 9.59 Å². The molecule has 0 radical (unpaired) electrons. The van der Waals surface area contributed by atoms with Gasteiger partial charge in [-0.2, -0.15) is 0 Å². The maximum atomic E-state index is 12.2. The Morgan fingerprint density at radius 2 is 2.00 bits per heavy atom. The molecule has 2 aromatic rings. The molecule has 0 unspecified atom stereocenters. The van der Waals surface area contributed by atoms with Crippen molar-refractivity contribution < 1.29 is 4.79 Å². The predicted octanol–water partition coefficient (Wildman–Crippen LogP) is 1.56. The molecule has 3 N–H and O–H groups in total. The Bertz CT molecular complexity index is 652. The van der Waals surface area contributed by atoms with Crippen LogP contribution in [-0.2, 0) is 0 Å². The minimum absolute atomic E-state index is 0.227. The summed E-state index contributed by atoms with van der Waals surface area (Å²) in [5, 5.41) is 2.98. The molecule has 6 heteroatoms. The predicted molar refractivity (Wildman–Crippen MR) is 73.2 cm³/mol. The minimum Gasteiger partial charge on any atom is -0.346 e. The fourth-order valence-electron chi connectivity index (χ4n) is 1.81. The van der Waals surface area contributed by atoms with Gasteiger partial charge in [-0.1, -0.05) is 13.8 Å². The summed E-state index contributed by atoms with van der Waals surface area (Å²) in [6, 6.07) is 3.28. The zero-order chi connectivity index (χ0) is 14.0. The second-order valence-corrected chi connectivity index (χ2v) is 4.89. The summed E-state index contributed by atoms with van der Waals surface area (Å²) in [5.41, 5.74) is 0.727. The molecule has 0 aliphatic carbocycles. The van der Waals surface area contributed by atoms with Gasteiger partial charge in [-0.05, 0) is 31.9 Å². The molecule has 0 fully saturated rings. The Morgan fingerprint density at radius 3 is 2.63 bits per heavy atom. The van der Waals surface area contributed by atoms with Crippen LogP contribution >= 0.6 is 0 Å². The topological polar surface area (TPSA) is 90.6 Å². The molecular weight excluding hydrogens is 244 g/mol. The van der Waals surface area contributed by atoms with Crippen LogP contribution in [0.25, 0.3) is 11.2 Å². The normalized spacial score (nSPS) is 11.7. The van der Waals surface area contributed by atoms with Gasteiger partial charge in [0.25, 0.3) is 5.91 Å². The Kier molecular flexibility index (Phi) is 3.42. The van der Waals surface area contributed by atoms with E-state index in [1.807, 2.05) is 20.8 Å². The van der Waals surface area contributed by atoms with E-state index in [0.29, 0.717) is 16.9 Å². The molecule has 2 heterocycles. The van der Waals surface area contributed by atoms with Crippen LogP contribution in [-0.4, -0.2) is 26.4 Å². The van der Waals surface area contributed by atoms with Crippen molar-refractivity contribution in [1.82, 2.24) is 20.3 Å². The molecule has 0 aromatic carbocycles. The highest BCUT2D eigenvalue weighted by molar-refractivity contribution is 5.94. The van der Waals surface area contributed by atoms with Crippen LogP contribution in [0.2, 0.25) is 0 Å². The number of rotatable bonds is 4. The first kappa shape index (κ1) is 13.3. The van der Waals surface area contributed by atoms with Gasteiger partial charge in [0.1, 0.15) is 5.69 Å². The SMILES string of the molecule is CCC(C)(CC)NC(=O)c1ccc2[nH]c(=O)[nH]c2n1. The molecule has 2 rings (SSSR count). The smallest absolute Gasteiger partial charge is 0.325 e. The number of amides is 1. The monoisotopic (exact) mass is 262 g/mol. The van der Waals surface area contributed by atoms with Crippen LogP contribution in [0.3, 0.4) is 0 Å². The summed E-state index contributed by atoms with van der Waals surface area (Å²) in [6.07, 6.45) is 1.69. The van der Waals surface area contributed by atoms with Crippen LogP contribution < -0.4 is 11.0 Å². The third-order valence-electron chi connectivity index (χ3n) is 3.58. The lowest BCUT2D eigenvalue weighted by Gasteiger charge is -2.27. The Labute approximate surface area is 110 Å². The molecule has 0 atom stereocenters. The van der Waals surface area contributed by atoms with Crippen molar-refractivity contribution in [2.45, 2.75) is 39.2 Å². The minimum atomic E-state index is -0.327. The van der Waals surface area contributed by atoms with Crippen LogP contribution in [0.5, 0.6) is 0 Å². The van der Waals surface area contributed by atoms with Gasteiger partial charge in [-0.25, -0.2) is 9.78 Å². The van der Waals surface area contributed by atoms with E-state index < -0.39 is 0 Å². The highest BCUT2D eigenvalue weighted by atomic mass is 16.2. The van der Waals surface area contributed by atoms with E-state index in [1.165, 1.54) is 0 Å². The molecular formula is C13H18N4O2. The van der Waals surface area contributed by atoms with Crippen LogP contribution in [0.1, 0.15) is 44.1 Å². The van der Waals surface area contributed by atoms with Gasteiger partial charge in [0.15, 0.2) is 5.65 Å². The van der Waals surface area contributed by atoms with Crippen LogP contribution in [0, 0.1) is 0 Å². The van der Waals surface area contributed by atoms with Gasteiger partial charge in [-0.3, -0.25) is 9.78 Å². The summed E-state index contributed by atoms with van der Waals surface area (Å²) in [4.78, 5) is 32.6. The van der Waals surface area contributed by atoms with Crippen molar-refractivity contribution in [3.8, 4) is 0 Å². The zero-order valence-electron chi connectivity index (χ0n) is 11.3. The average Bonchev–Trinajstić information content (AvgIpc) is 2.77. The Morgan fingerprint density at radius 1 is 1.32 bits per heavy atom. The molecule has 0 aliphatic rings. The molecule has 19 heavy (non-hydrogen) atoms. The number of fused-ring (bicyclic) bond motifs is 1. The van der Waals surface area contributed by atoms with Crippen LogP contribution in [0.15, 0.2) is 16.9 Å². The van der Waals surface area contributed by atoms with Crippen molar-refractivity contribution in [1.29, 1.82) is 0 Å². The van der Waals surface area contributed by atoms with Crippen molar-refractivity contribution in [2.75, 3.05) is 0 Å². The van der Waals surface area contributed by atoms with E-state index >= 15 is 0 Å². The number of pyridine rings is 1. The fourth-order valence-corrected chi connectivity index (χ4v) is 1.81. The highest BCUT2D eigenvalue weighted by Gasteiger charge is 2.23. The second-order valence-electron chi connectivity index (χ2n) is 4.89. The molecule has 1 amide bonds. The third kappa shape index (κ3) is 2.67. The lowest BCUT2D eigenvalue weighted by Crippen LogP contribution is -2.45. The molecule has 2 aromatic heterocycles. The molecule has 0 saturated heterocycles. The quantitative estimate of drug-likeness (QED) is 0.781. The maximum absolute atomic E-state index is 12.2. The first-order chi connectivity index (χ1) is 8.97. The van der Waals surface area contributed by atoms with Gasteiger partial charge < -0.3 is 10.3 Å². The number of aromatic amines is 2. The van der Waals surface area contributed by atoms with Gasteiger partial charge in [-0.15, -0.1) is 0 Å². The summed E-state index contributed by atoms with van der Waals surface area (Å²) >= 11 is 0. The van der Waals surface area contributed by atoms with E-state index in [2.05, 4.69) is 20.3 Å². The van der Waals surface area contributed by atoms with Crippen molar-refractivity contribution in [3.05, 3.63) is 28.3 Å². The molecule has 0 bridgehead atoms. The van der Waals surface area contributed by atoms with Crippen LogP contribution in [0.4, 0.5) is 0 Å². The molecule has 102 valence electrons. The largest absolute Gasteiger partial charge is 0.346 e. The Hall–Kier alpha value is -2.11. The standard InChI is InChI=1S/C13H18N4O2/c1-4-13(3,5-2)17-11(18)9-7-6-8-10(14-9)16-12(19)15-8/h6-7H,4-5H2,1-3H3,(H,17,18)(H2,14,15,16,19). The lowest BCUT2D eigenvalue weighted by molar-refractivity contribution is 0.0896. The summed E-state index contributed by atoms with van der Waals surface area (Å²) in [6.45, 7) is 6.07. The Balaban J connectivity index is 2.28. The van der Waals surface area contributed by atoms with Crippen molar-refractivity contribution in [2.24, 2.45) is 0 Å². The summed E-state index contributed by atoms with van der Waals surface area (Å²) in [7, 11) is 0. The van der Waals surface area contributed by atoms with E-state index in [4.69, 9.17) is 0 Å². The molecule has 0 spiro atoms. The number of nitrogens with one attached hydrogen (secondary N) is 3. The number of hydrogen-bond donors (Lipinski definition) is 3. The summed E-state index contributed by atoms with van der Waals surface area (Å²) in [5.74, 6) is -0.227. The fraction of sp³-hybridized carbons (Fsp3) is 0.462. The number of H-pyrrole nitrogens is 2. The number of aromatic nitrogens is 3. The number of nitrogens with zero attached hydrogens (tertiary/aromatic N) is 1. The van der Waals surface area contributed by atoms with E-state index in [-0.39, 0.29) is 17.1 Å². The number of hydrogen-bond acceptors (Lipinski definition) is 3. The number of carbonyl (C=O) groups is 1. The van der Waals surface area contributed by atoms with Gasteiger partial charge in [0.2, 0.25) is 0 Å². The molecule has 0 saturated carbocycles. The number of imidazole rings is 1. The second kappa shape index (κ2) is 4.87. The molecule has 6 nitrogen and oxygen atoms in total. The zero-order valence-corrected chi connectivity index (χ0v) is 11.3. The number of carbonyl (C=O) groups excluding carboxylic acids is 1. The van der Waals surface area contributed by atoms with Gasteiger partial charge in [0, 0.05) is 5.54 Å². The van der Waals surface area contributed by atoms with Crippen molar-refractivity contribution >= 4 is 17.1 Å².